The van der Waals surface area contributed by atoms with Crippen LogP contribution < -0.4 is 5.56 Å². The van der Waals surface area contributed by atoms with Crippen LogP contribution >= 0.6 is 0 Å². The van der Waals surface area contributed by atoms with Crippen molar-refractivity contribution in [1.82, 2.24) is 14.3 Å². The average Bonchev–Trinajstić information content (AvgIpc) is 3.11. The zero-order valence-corrected chi connectivity index (χ0v) is 16.0. The Hall–Kier alpha value is -2.88. The van der Waals surface area contributed by atoms with E-state index in [0.29, 0.717) is 0 Å². The maximum atomic E-state index is 13.5. The van der Waals surface area contributed by atoms with Gasteiger partial charge in [-0.15, -0.1) is 0 Å². The van der Waals surface area contributed by atoms with Crippen molar-refractivity contribution in [2.45, 2.75) is 39.0 Å². The molecule has 0 bridgehead atoms. The molecular formula is C23H25N3O. The van der Waals surface area contributed by atoms with Crippen LogP contribution in [0.1, 0.15) is 36.6 Å². The summed E-state index contributed by atoms with van der Waals surface area (Å²) in [6, 6.07) is 8.37. The minimum atomic E-state index is 0.101. The monoisotopic (exact) mass is 359 g/mol. The van der Waals surface area contributed by atoms with E-state index in [2.05, 4.69) is 54.5 Å². The molecule has 0 atom stereocenters. The molecule has 2 heterocycles. The summed E-state index contributed by atoms with van der Waals surface area (Å²) in [5.41, 5.74) is 4.47. The molecule has 4 nitrogen and oxygen atoms in total. The van der Waals surface area contributed by atoms with E-state index >= 15 is 0 Å². The largest absolute Gasteiger partial charge is 0.281 e. The first-order valence-corrected chi connectivity index (χ1v) is 9.68. The molecule has 1 aliphatic carbocycles. The van der Waals surface area contributed by atoms with Gasteiger partial charge in [0.25, 0.3) is 5.56 Å². The van der Waals surface area contributed by atoms with E-state index in [1.54, 1.807) is 0 Å². The Balaban J connectivity index is 1.82. The second kappa shape index (κ2) is 7.39. The third kappa shape index (κ3) is 3.39. The molecule has 2 aromatic heterocycles. The lowest BCUT2D eigenvalue weighted by Gasteiger charge is -2.17. The number of aromatic nitrogens is 3. The van der Waals surface area contributed by atoms with Gasteiger partial charge in [0.05, 0.1) is 11.6 Å². The standard InChI is InChI=1S/C23H25N3O/c1-3-20-14-19-9-7-8-18(13-12-17-15-24-25(2)16-17)22(19)23(27)26(20)21-10-5-4-6-11-21/h5,7-11,14-16H,3-4,6,12-13H2,1-2H3. The van der Waals surface area contributed by atoms with E-state index in [9.17, 15) is 4.79 Å². The molecule has 3 aromatic rings. The van der Waals surface area contributed by atoms with Crippen LogP contribution in [0.4, 0.5) is 0 Å². The molecule has 1 aromatic carbocycles. The van der Waals surface area contributed by atoms with Gasteiger partial charge in [-0.2, -0.15) is 5.10 Å². The highest BCUT2D eigenvalue weighted by Crippen LogP contribution is 2.22. The van der Waals surface area contributed by atoms with Gasteiger partial charge >= 0.3 is 0 Å². The van der Waals surface area contributed by atoms with E-state index in [4.69, 9.17) is 0 Å². The Kier molecular flexibility index (Phi) is 4.80. The lowest BCUT2D eigenvalue weighted by Crippen LogP contribution is -2.24. The van der Waals surface area contributed by atoms with E-state index in [1.165, 1.54) is 5.56 Å². The molecule has 0 radical (unpaired) electrons. The van der Waals surface area contributed by atoms with Gasteiger partial charge in [-0.25, -0.2) is 0 Å². The molecule has 0 saturated carbocycles. The van der Waals surface area contributed by atoms with Crippen molar-refractivity contribution in [1.29, 1.82) is 0 Å². The van der Waals surface area contributed by atoms with Crippen molar-refractivity contribution < 1.29 is 0 Å². The number of fused-ring (bicyclic) bond motifs is 1. The van der Waals surface area contributed by atoms with Gasteiger partial charge < -0.3 is 0 Å². The van der Waals surface area contributed by atoms with Crippen molar-refractivity contribution in [2.75, 3.05) is 0 Å². The number of pyridine rings is 1. The Bertz CT molecular complexity index is 1100. The summed E-state index contributed by atoms with van der Waals surface area (Å²) in [6.45, 7) is 2.11. The lowest BCUT2D eigenvalue weighted by atomic mass is 9.99. The number of allylic oxidation sites excluding steroid dienone is 4. The quantitative estimate of drug-likeness (QED) is 0.682. The Labute approximate surface area is 159 Å². The van der Waals surface area contributed by atoms with Gasteiger partial charge in [0, 0.05) is 24.6 Å². The number of nitrogens with zero attached hydrogens (tertiary/aromatic N) is 3. The minimum absolute atomic E-state index is 0.101. The number of aryl methyl sites for hydroxylation is 4. The van der Waals surface area contributed by atoms with Crippen molar-refractivity contribution in [3.63, 3.8) is 0 Å². The van der Waals surface area contributed by atoms with Crippen LogP contribution in [0.2, 0.25) is 0 Å². The third-order valence-corrected chi connectivity index (χ3v) is 5.25. The highest BCUT2D eigenvalue weighted by Gasteiger charge is 2.14. The number of rotatable bonds is 5. The van der Waals surface area contributed by atoms with Gasteiger partial charge in [-0.1, -0.05) is 37.3 Å². The molecule has 0 spiro atoms. The fourth-order valence-corrected chi connectivity index (χ4v) is 3.88. The second-order valence-corrected chi connectivity index (χ2v) is 7.14. The normalized spacial score (nSPS) is 13.9. The van der Waals surface area contributed by atoms with Crippen molar-refractivity contribution in [2.24, 2.45) is 7.05 Å². The van der Waals surface area contributed by atoms with Crippen molar-refractivity contribution >= 4 is 16.5 Å². The smallest absolute Gasteiger partial charge is 0.263 e. The molecule has 0 aliphatic heterocycles. The van der Waals surface area contributed by atoms with E-state index in [-0.39, 0.29) is 5.56 Å². The molecule has 0 N–H and O–H groups in total. The van der Waals surface area contributed by atoms with Crippen LogP contribution in [0.5, 0.6) is 0 Å². The van der Waals surface area contributed by atoms with Crippen molar-refractivity contribution in [3.8, 4) is 0 Å². The number of hydrogen-bond acceptors (Lipinski definition) is 2. The zero-order valence-electron chi connectivity index (χ0n) is 16.0. The number of hydrogen-bond donors (Lipinski definition) is 0. The molecule has 4 rings (SSSR count). The summed E-state index contributed by atoms with van der Waals surface area (Å²) < 4.78 is 3.73. The molecular weight excluding hydrogens is 334 g/mol. The first-order valence-electron chi connectivity index (χ1n) is 9.68. The predicted octanol–water partition coefficient (Wildman–Crippen LogP) is 4.27. The van der Waals surface area contributed by atoms with Crippen molar-refractivity contribution in [3.05, 3.63) is 82.1 Å². The highest BCUT2D eigenvalue weighted by molar-refractivity contribution is 5.86. The molecule has 1 aliphatic rings. The predicted molar refractivity (Wildman–Crippen MR) is 111 cm³/mol. The van der Waals surface area contributed by atoms with Gasteiger partial charge in [-0.05, 0) is 60.8 Å². The summed E-state index contributed by atoms with van der Waals surface area (Å²) in [6.07, 6.45) is 14.9. The highest BCUT2D eigenvalue weighted by atomic mass is 16.1. The molecule has 138 valence electrons. The average molecular weight is 359 g/mol. The molecule has 0 saturated heterocycles. The van der Waals surface area contributed by atoms with Crippen LogP contribution in [-0.2, 0) is 26.3 Å². The fourth-order valence-electron chi connectivity index (χ4n) is 3.88. The van der Waals surface area contributed by atoms with Gasteiger partial charge in [-0.3, -0.25) is 14.0 Å². The van der Waals surface area contributed by atoms with E-state index < -0.39 is 0 Å². The minimum Gasteiger partial charge on any atom is -0.281 e. The molecule has 0 unspecified atom stereocenters. The summed E-state index contributed by atoms with van der Waals surface area (Å²) in [4.78, 5) is 13.5. The molecule has 0 amide bonds. The van der Waals surface area contributed by atoms with Gasteiger partial charge in [0.15, 0.2) is 0 Å². The lowest BCUT2D eigenvalue weighted by molar-refractivity contribution is 0.766. The Morgan fingerprint density at radius 2 is 2.07 bits per heavy atom. The van der Waals surface area contributed by atoms with Crippen LogP contribution in [0.15, 0.2) is 59.7 Å². The SMILES string of the molecule is CCc1cc2cccc(CCc3cnn(C)c3)c2c(=O)n1C1=CCCC=C1. The summed E-state index contributed by atoms with van der Waals surface area (Å²) in [5, 5.41) is 6.13. The van der Waals surface area contributed by atoms with Gasteiger partial charge in [0.1, 0.15) is 0 Å². The summed E-state index contributed by atoms with van der Waals surface area (Å²) in [7, 11) is 1.93. The van der Waals surface area contributed by atoms with E-state index in [0.717, 1.165) is 59.8 Å². The fraction of sp³-hybridized carbons (Fsp3) is 0.304. The first-order chi connectivity index (χ1) is 13.2. The Morgan fingerprint density at radius 3 is 2.78 bits per heavy atom. The van der Waals surface area contributed by atoms with Gasteiger partial charge in [0.2, 0.25) is 0 Å². The first kappa shape index (κ1) is 17.5. The Morgan fingerprint density at radius 1 is 1.19 bits per heavy atom. The maximum Gasteiger partial charge on any atom is 0.263 e. The molecule has 4 heteroatoms. The van der Waals surface area contributed by atoms with Crippen LogP contribution in [0, 0.1) is 0 Å². The van der Waals surface area contributed by atoms with Crippen LogP contribution in [-0.4, -0.2) is 14.3 Å². The van der Waals surface area contributed by atoms with E-state index in [1.807, 2.05) is 28.7 Å². The summed E-state index contributed by atoms with van der Waals surface area (Å²) in [5.74, 6) is 0. The zero-order chi connectivity index (χ0) is 18.8. The third-order valence-electron chi connectivity index (χ3n) is 5.25. The summed E-state index contributed by atoms with van der Waals surface area (Å²) >= 11 is 0. The topological polar surface area (TPSA) is 39.8 Å². The molecule has 27 heavy (non-hydrogen) atoms. The molecule has 0 fully saturated rings. The maximum absolute atomic E-state index is 13.5. The number of benzene rings is 1. The van der Waals surface area contributed by atoms with Crippen LogP contribution in [0.3, 0.4) is 0 Å². The second-order valence-electron chi connectivity index (χ2n) is 7.14. The van der Waals surface area contributed by atoms with Crippen LogP contribution in [0.25, 0.3) is 16.5 Å².